The summed E-state index contributed by atoms with van der Waals surface area (Å²) in [4.78, 5) is 14.8. The van der Waals surface area contributed by atoms with Crippen LogP contribution in [-0.2, 0) is 16.1 Å². The van der Waals surface area contributed by atoms with Crippen molar-refractivity contribution in [1.82, 2.24) is 10.3 Å². The molecule has 1 heterocycles. The van der Waals surface area contributed by atoms with E-state index in [9.17, 15) is 4.79 Å². The molecule has 15 heavy (non-hydrogen) atoms. The molecule has 0 aliphatic heterocycles. The molecule has 0 fully saturated rings. The highest BCUT2D eigenvalue weighted by Crippen LogP contribution is 2.14. The zero-order valence-corrected chi connectivity index (χ0v) is 9.87. The number of nitrogens with one attached hydrogen (secondary N) is 1. The molecule has 3 N–H and O–H groups in total. The Kier molecular flexibility index (Phi) is 4.51. The second kappa shape index (κ2) is 5.67. The Morgan fingerprint density at radius 2 is 2.47 bits per heavy atom. The highest BCUT2D eigenvalue weighted by atomic mass is 79.9. The van der Waals surface area contributed by atoms with Gasteiger partial charge in [-0.05, 0) is 22.0 Å². The van der Waals surface area contributed by atoms with Gasteiger partial charge in [0.1, 0.15) is 5.82 Å². The summed E-state index contributed by atoms with van der Waals surface area (Å²) in [6.45, 7) is 0.635. The van der Waals surface area contributed by atoms with Crippen LogP contribution in [0, 0.1) is 0 Å². The van der Waals surface area contributed by atoms with Crippen molar-refractivity contribution in [2.45, 2.75) is 6.54 Å². The third kappa shape index (κ3) is 3.85. The number of anilines is 1. The molecular weight excluding hydrogens is 262 g/mol. The molecule has 0 radical (unpaired) electrons. The molecular formula is C9H12BrN3O2. The average molecular weight is 274 g/mol. The number of hydrogen-bond donors (Lipinski definition) is 2. The third-order valence-electron chi connectivity index (χ3n) is 1.78. The molecule has 1 rings (SSSR count). The van der Waals surface area contributed by atoms with Crippen molar-refractivity contribution >= 4 is 27.7 Å². The Morgan fingerprint density at radius 1 is 1.73 bits per heavy atom. The van der Waals surface area contributed by atoms with E-state index < -0.39 is 0 Å². The first kappa shape index (κ1) is 11.9. The number of methoxy groups -OCH3 is 1. The third-order valence-corrected chi connectivity index (χ3v) is 2.21. The smallest absolute Gasteiger partial charge is 0.319 e. The summed E-state index contributed by atoms with van der Waals surface area (Å²) in [6.07, 6.45) is 1.62. The molecule has 0 saturated carbocycles. The summed E-state index contributed by atoms with van der Waals surface area (Å²) in [5.41, 5.74) is 6.49. The van der Waals surface area contributed by atoms with Crippen molar-refractivity contribution in [2.24, 2.45) is 0 Å². The number of carbonyl (C=O) groups is 1. The van der Waals surface area contributed by atoms with Crippen molar-refractivity contribution in [3.05, 3.63) is 22.3 Å². The van der Waals surface area contributed by atoms with Gasteiger partial charge in [0.05, 0.1) is 13.7 Å². The van der Waals surface area contributed by atoms with Gasteiger partial charge in [0.2, 0.25) is 0 Å². The van der Waals surface area contributed by atoms with Crippen LogP contribution >= 0.6 is 15.9 Å². The van der Waals surface area contributed by atoms with E-state index in [2.05, 4.69) is 31.0 Å². The van der Waals surface area contributed by atoms with Gasteiger partial charge in [-0.15, -0.1) is 0 Å². The molecule has 0 aliphatic carbocycles. The van der Waals surface area contributed by atoms with Gasteiger partial charge in [-0.25, -0.2) is 4.98 Å². The van der Waals surface area contributed by atoms with Crippen LogP contribution in [0.1, 0.15) is 5.56 Å². The first-order chi connectivity index (χ1) is 7.13. The van der Waals surface area contributed by atoms with Crippen molar-refractivity contribution in [1.29, 1.82) is 0 Å². The molecule has 0 amide bonds. The summed E-state index contributed by atoms with van der Waals surface area (Å²) in [5, 5.41) is 2.91. The molecule has 0 bridgehead atoms. The van der Waals surface area contributed by atoms with Crippen molar-refractivity contribution in [3.8, 4) is 0 Å². The van der Waals surface area contributed by atoms with E-state index in [0.29, 0.717) is 12.4 Å². The summed E-state index contributed by atoms with van der Waals surface area (Å²) in [7, 11) is 1.35. The SMILES string of the molecule is COC(=O)CNCc1cc(Br)cnc1N. The van der Waals surface area contributed by atoms with E-state index in [-0.39, 0.29) is 12.5 Å². The molecule has 1 aromatic heterocycles. The second-order valence-electron chi connectivity index (χ2n) is 2.88. The van der Waals surface area contributed by atoms with Gasteiger partial charge in [-0.3, -0.25) is 4.79 Å². The fraction of sp³-hybridized carbons (Fsp3) is 0.333. The minimum absolute atomic E-state index is 0.155. The summed E-state index contributed by atoms with van der Waals surface area (Å²) >= 11 is 3.29. The average Bonchev–Trinajstić information content (AvgIpc) is 2.23. The number of nitrogen functional groups attached to an aromatic ring is 1. The zero-order valence-electron chi connectivity index (χ0n) is 8.29. The highest BCUT2D eigenvalue weighted by molar-refractivity contribution is 9.10. The molecule has 0 spiro atoms. The number of nitrogens with zero attached hydrogens (tertiary/aromatic N) is 1. The fourth-order valence-electron chi connectivity index (χ4n) is 1.00. The van der Waals surface area contributed by atoms with Gasteiger partial charge in [0, 0.05) is 22.8 Å². The zero-order chi connectivity index (χ0) is 11.3. The molecule has 0 unspecified atom stereocenters. The lowest BCUT2D eigenvalue weighted by Gasteiger charge is -2.06. The molecule has 0 aromatic carbocycles. The van der Waals surface area contributed by atoms with E-state index in [1.807, 2.05) is 6.07 Å². The van der Waals surface area contributed by atoms with Gasteiger partial charge >= 0.3 is 5.97 Å². The summed E-state index contributed by atoms with van der Waals surface area (Å²) < 4.78 is 5.34. The van der Waals surface area contributed by atoms with E-state index in [1.54, 1.807) is 6.20 Å². The quantitative estimate of drug-likeness (QED) is 0.790. The second-order valence-corrected chi connectivity index (χ2v) is 3.79. The molecule has 0 aliphatic rings. The van der Waals surface area contributed by atoms with Gasteiger partial charge in [-0.1, -0.05) is 0 Å². The van der Waals surface area contributed by atoms with Crippen molar-refractivity contribution in [2.75, 3.05) is 19.4 Å². The number of pyridine rings is 1. The number of rotatable bonds is 4. The number of carbonyl (C=O) groups excluding carboxylic acids is 1. The monoisotopic (exact) mass is 273 g/mol. The Balaban J connectivity index is 2.50. The number of halogens is 1. The standard InChI is InChI=1S/C9H12BrN3O2/c1-15-8(14)5-12-3-6-2-7(10)4-13-9(6)11/h2,4,12H,3,5H2,1H3,(H2,11,13). The summed E-state index contributed by atoms with van der Waals surface area (Å²) in [6, 6.07) is 1.85. The lowest BCUT2D eigenvalue weighted by atomic mass is 10.2. The van der Waals surface area contributed by atoms with E-state index in [4.69, 9.17) is 5.73 Å². The predicted octanol–water partition coefficient (Wildman–Crippen LogP) is 0.689. The normalized spacial score (nSPS) is 10.0. The van der Waals surface area contributed by atoms with Crippen LogP contribution < -0.4 is 11.1 Å². The molecule has 6 heteroatoms. The number of ether oxygens (including phenoxy) is 1. The number of esters is 1. The van der Waals surface area contributed by atoms with Crippen LogP contribution in [0.5, 0.6) is 0 Å². The van der Waals surface area contributed by atoms with Gasteiger partial charge in [-0.2, -0.15) is 0 Å². The largest absolute Gasteiger partial charge is 0.468 e. The summed E-state index contributed by atoms with van der Waals surface area (Å²) in [5.74, 6) is 0.145. The van der Waals surface area contributed by atoms with Gasteiger partial charge < -0.3 is 15.8 Å². The lowest BCUT2D eigenvalue weighted by Crippen LogP contribution is -2.23. The number of aromatic nitrogens is 1. The maximum Gasteiger partial charge on any atom is 0.319 e. The molecule has 82 valence electrons. The van der Waals surface area contributed by atoms with Gasteiger partial charge in [0.15, 0.2) is 0 Å². The fourth-order valence-corrected chi connectivity index (χ4v) is 1.38. The highest BCUT2D eigenvalue weighted by Gasteiger charge is 2.03. The van der Waals surface area contributed by atoms with Crippen LogP contribution in [0.4, 0.5) is 5.82 Å². The van der Waals surface area contributed by atoms with E-state index in [0.717, 1.165) is 10.0 Å². The van der Waals surface area contributed by atoms with Crippen LogP contribution in [0.2, 0.25) is 0 Å². The Bertz CT molecular complexity index is 357. The van der Waals surface area contributed by atoms with Crippen LogP contribution in [0.15, 0.2) is 16.7 Å². The Hall–Kier alpha value is -1.14. The molecule has 0 saturated heterocycles. The lowest BCUT2D eigenvalue weighted by molar-refractivity contribution is -0.139. The van der Waals surface area contributed by atoms with Crippen LogP contribution in [0.25, 0.3) is 0 Å². The Labute approximate surface area is 96.1 Å². The van der Waals surface area contributed by atoms with Gasteiger partial charge in [0.25, 0.3) is 0 Å². The predicted molar refractivity (Wildman–Crippen MR) is 60.1 cm³/mol. The van der Waals surface area contributed by atoms with E-state index in [1.165, 1.54) is 7.11 Å². The molecule has 0 atom stereocenters. The van der Waals surface area contributed by atoms with Crippen molar-refractivity contribution in [3.63, 3.8) is 0 Å². The van der Waals surface area contributed by atoms with Crippen molar-refractivity contribution < 1.29 is 9.53 Å². The maximum absolute atomic E-state index is 10.8. The van der Waals surface area contributed by atoms with Crippen LogP contribution in [0.3, 0.4) is 0 Å². The molecule has 1 aromatic rings. The minimum Gasteiger partial charge on any atom is -0.468 e. The minimum atomic E-state index is -0.309. The first-order valence-corrected chi connectivity index (χ1v) is 5.10. The number of nitrogens with two attached hydrogens (primary N) is 1. The van der Waals surface area contributed by atoms with Crippen LogP contribution in [-0.4, -0.2) is 24.6 Å². The topological polar surface area (TPSA) is 77.2 Å². The number of hydrogen-bond acceptors (Lipinski definition) is 5. The maximum atomic E-state index is 10.8. The Morgan fingerprint density at radius 3 is 3.13 bits per heavy atom. The first-order valence-electron chi connectivity index (χ1n) is 4.31. The van der Waals surface area contributed by atoms with E-state index >= 15 is 0 Å². The molecule has 5 nitrogen and oxygen atoms in total.